The summed E-state index contributed by atoms with van der Waals surface area (Å²) in [4.78, 5) is 21.4. The Bertz CT molecular complexity index is 905. The monoisotopic (exact) mass is 361 g/mol. The summed E-state index contributed by atoms with van der Waals surface area (Å²) >= 11 is 0. The number of hydrogen-bond acceptors (Lipinski definition) is 4. The quantitative estimate of drug-likeness (QED) is 0.778. The van der Waals surface area contributed by atoms with Crippen LogP contribution in [0.4, 0.5) is 5.69 Å². The van der Waals surface area contributed by atoms with Gasteiger partial charge < -0.3 is 9.80 Å². The Labute approximate surface area is 158 Å². The number of rotatable bonds is 3. The number of hydrogen-bond donors (Lipinski definition) is 1. The molecule has 1 amide bonds. The molecule has 0 bridgehead atoms. The van der Waals surface area contributed by atoms with Gasteiger partial charge in [0.1, 0.15) is 6.33 Å². The number of aromatic amines is 1. The highest BCUT2D eigenvalue weighted by atomic mass is 16.2. The zero-order valence-corrected chi connectivity index (χ0v) is 15.4. The first-order chi connectivity index (χ1) is 13.2. The lowest BCUT2D eigenvalue weighted by Crippen LogP contribution is -2.35. The van der Waals surface area contributed by atoms with Crippen molar-refractivity contribution >= 4 is 11.6 Å². The van der Waals surface area contributed by atoms with E-state index >= 15 is 0 Å². The van der Waals surface area contributed by atoms with Crippen LogP contribution in [0.5, 0.6) is 0 Å². The molecule has 3 aromatic rings. The highest BCUT2D eigenvalue weighted by Gasteiger charge is 2.21. The molecule has 6 heteroatoms. The Hall–Kier alpha value is -3.15. The van der Waals surface area contributed by atoms with Gasteiger partial charge in [-0.15, -0.1) is 0 Å². The van der Waals surface area contributed by atoms with Crippen LogP contribution in [0.25, 0.3) is 11.4 Å². The lowest BCUT2D eigenvalue weighted by atomic mass is 10.1. The molecule has 2 aromatic carbocycles. The third kappa shape index (κ3) is 3.69. The van der Waals surface area contributed by atoms with Gasteiger partial charge in [-0.3, -0.25) is 9.89 Å². The van der Waals surface area contributed by atoms with Crippen LogP contribution in [0.2, 0.25) is 0 Å². The van der Waals surface area contributed by atoms with Crippen molar-refractivity contribution in [3.8, 4) is 11.4 Å². The number of anilines is 1. The van der Waals surface area contributed by atoms with Gasteiger partial charge in [-0.2, -0.15) is 5.10 Å². The molecule has 0 saturated carbocycles. The molecule has 1 aromatic heterocycles. The van der Waals surface area contributed by atoms with Crippen molar-refractivity contribution < 1.29 is 4.79 Å². The predicted octanol–water partition coefficient (Wildman–Crippen LogP) is 3.13. The first kappa shape index (κ1) is 17.3. The Balaban J connectivity index is 1.44. The second kappa shape index (κ2) is 7.61. The van der Waals surface area contributed by atoms with Crippen LogP contribution < -0.4 is 4.90 Å². The van der Waals surface area contributed by atoms with E-state index in [0.29, 0.717) is 11.4 Å². The fraction of sp³-hybridized carbons (Fsp3) is 0.286. The molecule has 138 valence electrons. The summed E-state index contributed by atoms with van der Waals surface area (Å²) in [5.74, 6) is 0.795. The van der Waals surface area contributed by atoms with Crippen LogP contribution in [-0.4, -0.2) is 52.2 Å². The molecule has 0 radical (unpaired) electrons. The fourth-order valence-electron chi connectivity index (χ4n) is 3.58. The summed E-state index contributed by atoms with van der Waals surface area (Å²) in [6.45, 7) is 5.48. The summed E-state index contributed by atoms with van der Waals surface area (Å²) in [5.41, 5.74) is 4.18. The van der Waals surface area contributed by atoms with Gasteiger partial charge in [0.05, 0.1) is 0 Å². The molecule has 0 aliphatic carbocycles. The molecule has 1 saturated heterocycles. The number of benzene rings is 2. The minimum Gasteiger partial charge on any atom is -0.369 e. The summed E-state index contributed by atoms with van der Waals surface area (Å²) in [6, 6.07) is 16.0. The number of H-pyrrole nitrogens is 1. The van der Waals surface area contributed by atoms with E-state index in [4.69, 9.17) is 0 Å². The molecule has 4 rings (SSSR count). The SMILES string of the molecule is Cc1ccccc1N1CCCN(C(=O)c2ccc(-c3ncn[nH]3)cc2)CC1. The summed E-state index contributed by atoms with van der Waals surface area (Å²) in [7, 11) is 0. The van der Waals surface area contributed by atoms with E-state index in [1.54, 1.807) is 0 Å². The molecule has 6 nitrogen and oxygen atoms in total. The minimum absolute atomic E-state index is 0.0887. The molecule has 1 aliphatic rings. The van der Waals surface area contributed by atoms with Crippen LogP contribution >= 0.6 is 0 Å². The standard InChI is InChI=1S/C21H23N5O/c1-16-5-2-3-6-19(16)25-11-4-12-26(14-13-25)21(27)18-9-7-17(8-10-18)20-22-15-23-24-20/h2-3,5-10,15H,4,11-14H2,1H3,(H,22,23,24). The number of para-hydroxylation sites is 1. The van der Waals surface area contributed by atoms with Crippen molar-refractivity contribution in [2.75, 3.05) is 31.1 Å². The van der Waals surface area contributed by atoms with Crippen LogP contribution in [0, 0.1) is 6.92 Å². The van der Waals surface area contributed by atoms with Gasteiger partial charge >= 0.3 is 0 Å². The minimum atomic E-state index is 0.0887. The molecule has 0 unspecified atom stereocenters. The Morgan fingerprint density at radius 3 is 2.56 bits per heavy atom. The van der Waals surface area contributed by atoms with E-state index in [1.165, 1.54) is 17.6 Å². The normalized spacial score (nSPS) is 14.9. The number of aryl methyl sites for hydroxylation is 1. The maximum absolute atomic E-state index is 12.9. The van der Waals surface area contributed by atoms with Crippen molar-refractivity contribution in [1.29, 1.82) is 0 Å². The molecule has 2 heterocycles. The number of carbonyl (C=O) groups excluding carboxylic acids is 1. The smallest absolute Gasteiger partial charge is 0.253 e. The number of nitrogens with zero attached hydrogens (tertiary/aromatic N) is 4. The molecule has 0 atom stereocenters. The van der Waals surface area contributed by atoms with Crippen LogP contribution in [0.3, 0.4) is 0 Å². The number of amides is 1. The Morgan fingerprint density at radius 2 is 1.81 bits per heavy atom. The third-order valence-corrected chi connectivity index (χ3v) is 5.06. The van der Waals surface area contributed by atoms with E-state index in [2.05, 4.69) is 51.3 Å². The second-order valence-electron chi connectivity index (χ2n) is 6.83. The number of aromatic nitrogens is 3. The van der Waals surface area contributed by atoms with Crippen molar-refractivity contribution in [3.63, 3.8) is 0 Å². The molecule has 27 heavy (non-hydrogen) atoms. The highest BCUT2D eigenvalue weighted by Crippen LogP contribution is 2.22. The van der Waals surface area contributed by atoms with Gasteiger partial charge in [0.25, 0.3) is 5.91 Å². The summed E-state index contributed by atoms with van der Waals surface area (Å²) < 4.78 is 0. The van der Waals surface area contributed by atoms with E-state index in [0.717, 1.165) is 38.2 Å². The lowest BCUT2D eigenvalue weighted by molar-refractivity contribution is 0.0767. The third-order valence-electron chi connectivity index (χ3n) is 5.06. The largest absolute Gasteiger partial charge is 0.369 e. The van der Waals surface area contributed by atoms with Gasteiger partial charge in [-0.1, -0.05) is 30.3 Å². The van der Waals surface area contributed by atoms with Crippen molar-refractivity contribution in [3.05, 3.63) is 66.0 Å². The second-order valence-corrected chi connectivity index (χ2v) is 6.83. The zero-order chi connectivity index (χ0) is 18.6. The topological polar surface area (TPSA) is 65.1 Å². The molecular weight excluding hydrogens is 338 g/mol. The Morgan fingerprint density at radius 1 is 1.00 bits per heavy atom. The summed E-state index contributed by atoms with van der Waals surface area (Å²) in [5, 5.41) is 6.70. The maximum Gasteiger partial charge on any atom is 0.253 e. The molecule has 0 spiro atoms. The van der Waals surface area contributed by atoms with E-state index in [-0.39, 0.29) is 5.91 Å². The van der Waals surface area contributed by atoms with Crippen molar-refractivity contribution in [2.45, 2.75) is 13.3 Å². The molecular formula is C21H23N5O. The predicted molar refractivity (Wildman–Crippen MR) is 106 cm³/mol. The van der Waals surface area contributed by atoms with Gasteiger partial charge in [0.15, 0.2) is 5.82 Å². The molecule has 1 fully saturated rings. The first-order valence-corrected chi connectivity index (χ1v) is 9.28. The molecule has 1 N–H and O–H groups in total. The Kier molecular flexibility index (Phi) is 4.87. The van der Waals surface area contributed by atoms with E-state index in [1.807, 2.05) is 29.2 Å². The van der Waals surface area contributed by atoms with Gasteiger partial charge in [0, 0.05) is 43.0 Å². The average Bonchev–Trinajstić information content (AvgIpc) is 3.13. The van der Waals surface area contributed by atoms with Gasteiger partial charge in [-0.05, 0) is 37.1 Å². The number of carbonyl (C=O) groups is 1. The van der Waals surface area contributed by atoms with Crippen LogP contribution in [0.1, 0.15) is 22.3 Å². The lowest BCUT2D eigenvalue weighted by Gasteiger charge is -2.25. The number of nitrogens with one attached hydrogen (secondary N) is 1. The van der Waals surface area contributed by atoms with Gasteiger partial charge in [-0.25, -0.2) is 4.98 Å². The highest BCUT2D eigenvalue weighted by molar-refractivity contribution is 5.94. The maximum atomic E-state index is 12.9. The molecule has 1 aliphatic heterocycles. The zero-order valence-electron chi connectivity index (χ0n) is 15.4. The van der Waals surface area contributed by atoms with Crippen LogP contribution in [0.15, 0.2) is 54.9 Å². The average molecular weight is 361 g/mol. The first-order valence-electron chi connectivity index (χ1n) is 9.28. The van der Waals surface area contributed by atoms with Crippen LogP contribution in [-0.2, 0) is 0 Å². The van der Waals surface area contributed by atoms with E-state index < -0.39 is 0 Å². The summed E-state index contributed by atoms with van der Waals surface area (Å²) in [6.07, 6.45) is 2.45. The van der Waals surface area contributed by atoms with Crippen molar-refractivity contribution in [1.82, 2.24) is 20.1 Å². The van der Waals surface area contributed by atoms with E-state index in [9.17, 15) is 4.79 Å². The van der Waals surface area contributed by atoms with Crippen molar-refractivity contribution in [2.24, 2.45) is 0 Å². The fourth-order valence-corrected chi connectivity index (χ4v) is 3.58. The van der Waals surface area contributed by atoms with Gasteiger partial charge in [0.2, 0.25) is 0 Å².